The first-order chi connectivity index (χ1) is 13.7. The van der Waals surface area contributed by atoms with Crippen LogP contribution in [0.1, 0.15) is 42.7 Å². The molecular weight excluding hydrogens is 348 g/mol. The average molecular weight is 377 g/mol. The first-order valence-corrected chi connectivity index (χ1v) is 10.4. The molecule has 0 aromatic heterocycles. The lowest BCUT2D eigenvalue weighted by atomic mass is 9.90. The van der Waals surface area contributed by atoms with Crippen molar-refractivity contribution in [3.05, 3.63) is 71.8 Å². The smallest absolute Gasteiger partial charge is 0.234 e. The molecule has 4 heteroatoms. The normalized spacial score (nSPS) is 17.9. The number of hydrogen-bond acceptors (Lipinski definition) is 2. The van der Waals surface area contributed by atoms with Gasteiger partial charge in [0.05, 0.1) is 5.92 Å². The fourth-order valence-corrected chi connectivity index (χ4v) is 4.53. The lowest BCUT2D eigenvalue weighted by Gasteiger charge is -2.37. The van der Waals surface area contributed by atoms with Gasteiger partial charge in [0, 0.05) is 32.1 Å². The lowest BCUT2D eigenvalue weighted by Crippen LogP contribution is -2.52. The Morgan fingerprint density at radius 2 is 1.18 bits per heavy atom. The van der Waals surface area contributed by atoms with E-state index in [-0.39, 0.29) is 17.7 Å². The van der Waals surface area contributed by atoms with E-state index in [0.29, 0.717) is 32.1 Å². The van der Waals surface area contributed by atoms with Crippen molar-refractivity contribution in [2.24, 2.45) is 5.92 Å². The second kappa shape index (κ2) is 8.59. The van der Waals surface area contributed by atoms with Crippen LogP contribution < -0.4 is 0 Å². The van der Waals surface area contributed by atoms with Gasteiger partial charge in [-0.2, -0.15) is 0 Å². The van der Waals surface area contributed by atoms with Crippen molar-refractivity contribution >= 4 is 11.8 Å². The maximum Gasteiger partial charge on any atom is 0.234 e. The molecule has 0 N–H and O–H groups in total. The molecule has 0 spiro atoms. The summed E-state index contributed by atoms with van der Waals surface area (Å²) in [6.45, 7) is 2.54. The topological polar surface area (TPSA) is 40.6 Å². The second-order valence-electron chi connectivity index (χ2n) is 7.89. The molecule has 1 saturated carbocycles. The Kier molecular flexibility index (Phi) is 5.75. The van der Waals surface area contributed by atoms with Crippen LogP contribution in [0.4, 0.5) is 0 Å². The van der Waals surface area contributed by atoms with E-state index in [1.807, 2.05) is 70.5 Å². The number of amides is 2. The highest BCUT2D eigenvalue weighted by atomic mass is 16.2. The Labute approximate surface area is 167 Å². The predicted octanol–water partition coefficient (Wildman–Crippen LogP) is 3.68. The maximum absolute atomic E-state index is 13.5. The van der Waals surface area contributed by atoms with Gasteiger partial charge in [0.25, 0.3) is 0 Å². The van der Waals surface area contributed by atoms with E-state index in [4.69, 9.17) is 0 Å². The third-order valence-electron chi connectivity index (χ3n) is 6.12. The van der Waals surface area contributed by atoms with E-state index in [2.05, 4.69) is 0 Å². The van der Waals surface area contributed by atoms with Gasteiger partial charge in [0.15, 0.2) is 0 Å². The Bertz CT molecular complexity index is 752. The second-order valence-corrected chi connectivity index (χ2v) is 7.89. The summed E-state index contributed by atoms with van der Waals surface area (Å²) in [6.07, 6.45) is 4.40. The third-order valence-corrected chi connectivity index (χ3v) is 6.12. The van der Waals surface area contributed by atoms with E-state index in [1.54, 1.807) is 0 Å². The highest BCUT2D eigenvalue weighted by molar-refractivity contribution is 5.87. The molecule has 1 aliphatic carbocycles. The molecular formula is C24H28N2O2. The zero-order valence-electron chi connectivity index (χ0n) is 16.3. The van der Waals surface area contributed by atoms with Crippen molar-refractivity contribution in [1.82, 2.24) is 9.80 Å². The number of hydrogen-bond donors (Lipinski definition) is 0. The number of carbonyl (C=O) groups is 2. The summed E-state index contributed by atoms with van der Waals surface area (Å²) < 4.78 is 0. The standard InChI is InChI=1S/C24H28N2O2/c27-23(21-13-7-8-14-21)25-15-17-26(18-16-25)24(28)22(19-9-3-1-4-10-19)20-11-5-2-6-12-20/h1-6,9-12,21-22H,7-8,13-18H2. The van der Waals surface area contributed by atoms with Crippen LogP contribution in [0, 0.1) is 5.92 Å². The van der Waals surface area contributed by atoms with Crippen LogP contribution in [0.5, 0.6) is 0 Å². The number of piperazine rings is 1. The van der Waals surface area contributed by atoms with E-state index >= 15 is 0 Å². The molecule has 2 aliphatic rings. The molecule has 4 rings (SSSR count). The monoisotopic (exact) mass is 376 g/mol. The molecule has 4 nitrogen and oxygen atoms in total. The van der Waals surface area contributed by atoms with Gasteiger partial charge in [-0.3, -0.25) is 9.59 Å². The van der Waals surface area contributed by atoms with Gasteiger partial charge >= 0.3 is 0 Å². The minimum Gasteiger partial charge on any atom is -0.339 e. The SMILES string of the molecule is O=C(C1CCCC1)N1CCN(C(=O)C(c2ccccc2)c2ccccc2)CC1. The molecule has 2 aromatic rings. The zero-order chi connectivity index (χ0) is 19.3. The molecule has 1 heterocycles. The summed E-state index contributed by atoms with van der Waals surface area (Å²) in [5.74, 6) is 0.348. The minimum atomic E-state index is -0.292. The van der Waals surface area contributed by atoms with Crippen molar-refractivity contribution in [3.63, 3.8) is 0 Å². The van der Waals surface area contributed by atoms with Crippen molar-refractivity contribution in [1.29, 1.82) is 0 Å². The first-order valence-electron chi connectivity index (χ1n) is 10.4. The molecule has 28 heavy (non-hydrogen) atoms. The largest absolute Gasteiger partial charge is 0.339 e. The summed E-state index contributed by atoms with van der Waals surface area (Å²) >= 11 is 0. The van der Waals surface area contributed by atoms with E-state index < -0.39 is 0 Å². The summed E-state index contributed by atoms with van der Waals surface area (Å²) in [7, 11) is 0. The third kappa shape index (κ3) is 3.96. The molecule has 1 saturated heterocycles. The van der Waals surface area contributed by atoms with Gasteiger partial charge < -0.3 is 9.80 Å². The molecule has 2 amide bonds. The van der Waals surface area contributed by atoms with E-state index in [9.17, 15) is 9.59 Å². The Balaban J connectivity index is 1.47. The Morgan fingerprint density at radius 3 is 1.68 bits per heavy atom. The molecule has 1 aliphatic heterocycles. The molecule has 0 radical (unpaired) electrons. The molecule has 2 fully saturated rings. The summed E-state index contributed by atoms with van der Waals surface area (Å²) in [5.41, 5.74) is 2.03. The van der Waals surface area contributed by atoms with Crippen molar-refractivity contribution in [2.75, 3.05) is 26.2 Å². The van der Waals surface area contributed by atoms with Crippen LogP contribution in [-0.2, 0) is 9.59 Å². The van der Waals surface area contributed by atoms with Crippen LogP contribution in [0.2, 0.25) is 0 Å². The number of nitrogens with zero attached hydrogens (tertiary/aromatic N) is 2. The van der Waals surface area contributed by atoms with Crippen LogP contribution in [0.25, 0.3) is 0 Å². The highest BCUT2D eigenvalue weighted by Crippen LogP contribution is 2.29. The fraction of sp³-hybridized carbons (Fsp3) is 0.417. The summed E-state index contributed by atoms with van der Waals surface area (Å²) in [4.78, 5) is 30.0. The molecule has 2 aromatic carbocycles. The van der Waals surface area contributed by atoms with Gasteiger partial charge in [0.1, 0.15) is 0 Å². The van der Waals surface area contributed by atoms with Gasteiger partial charge in [-0.05, 0) is 24.0 Å². The van der Waals surface area contributed by atoms with Gasteiger partial charge in [0.2, 0.25) is 11.8 Å². The Morgan fingerprint density at radius 1 is 0.714 bits per heavy atom. The fourth-order valence-electron chi connectivity index (χ4n) is 4.53. The predicted molar refractivity (Wildman–Crippen MR) is 110 cm³/mol. The molecule has 0 bridgehead atoms. The number of rotatable bonds is 4. The first kappa shape index (κ1) is 18.7. The van der Waals surface area contributed by atoms with Gasteiger partial charge in [-0.15, -0.1) is 0 Å². The van der Waals surface area contributed by atoms with Crippen LogP contribution in [0.3, 0.4) is 0 Å². The minimum absolute atomic E-state index is 0.130. The molecule has 146 valence electrons. The van der Waals surface area contributed by atoms with Crippen LogP contribution >= 0.6 is 0 Å². The van der Waals surface area contributed by atoms with Crippen LogP contribution in [0.15, 0.2) is 60.7 Å². The summed E-state index contributed by atoms with van der Waals surface area (Å²) in [5, 5.41) is 0. The van der Waals surface area contributed by atoms with E-state index in [1.165, 1.54) is 12.8 Å². The van der Waals surface area contributed by atoms with Gasteiger partial charge in [-0.25, -0.2) is 0 Å². The number of carbonyl (C=O) groups excluding carboxylic acids is 2. The van der Waals surface area contributed by atoms with Gasteiger partial charge in [-0.1, -0.05) is 73.5 Å². The highest BCUT2D eigenvalue weighted by Gasteiger charge is 2.33. The average Bonchev–Trinajstić information content (AvgIpc) is 3.30. The number of benzene rings is 2. The lowest BCUT2D eigenvalue weighted by molar-refractivity contribution is -0.142. The molecule has 0 unspecified atom stereocenters. The quantitative estimate of drug-likeness (QED) is 0.817. The molecule has 0 atom stereocenters. The Hall–Kier alpha value is -2.62. The summed E-state index contributed by atoms with van der Waals surface area (Å²) in [6, 6.07) is 20.0. The van der Waals surface area contributed by atoms with Crippen molar-refractivity contribution in [2.45, 2.75) is 31.6 Å². The van der Waals surface area contributed by atoms with E-state index in [0.717, 1.165) is 24.0 Å². The zero-order valence-corrected chi connectivity index (χ0v) is 16.3. The van der Waals surface area contributed by atoms with Crippen molar-refractivity contribution in [3.8, 4) is 0 Å². The van der Waals surface area contributed by atoms with Crippen LogP contribution in [-0.4, -0.2) is 47.8 Å². The maximum atomic E-state index is 13.5. The van der Waals surface area contributed by atoms with Crippen molar-refractivity contribution < 1.29 is 9.59 Å².